The van der Waals surface area contributed by atoms with Gasteiger partial charge in [-0.05, 0) is 48.6 Å². The molecule has 0 spiro atoms. The third kappa shape index (κ3) is 4.01. The van der Waals surface area contributed by atoms with Crippen LogP contribution >= 0.6 is 0 Å². The van der Waals surface area contributed by atoms with Gasteiger partial charge in [-0.1, -0.05) is 18.2 Å². The Morgan fingerprint density at radius 1 is 1.14 bits per heavy atom. The number of phenolic OH excluding ortho intramolecular Hbond substituents is 1. The van der Waals surface area contributed by atoms with Gasteiger partial charge in [0.2, 0.25) is 11.8 Å². The van der Waals surface area contributed by atoms with E-state index in [0.29, 0.717) is 32.1 Å². The van der Waals surface area contributed by atoms with E-state index in [1.165, 1.54) is 0 Å². The van der Waals surface area contributed by atoms with Crippen molar-refractivity contribution in [2.24, 2.45) is 5.92 Å². The molecule has 1 aromatic carbocycles. The van der Waals surface area contributed by atoms with Crippen molar-refractivity contribution in [3.05, 3.63) is 59.9 Å². The molecule has 0 saturated carbocycles. The number of rotatable bonds is 4. The van der Waals surface area contributed by atoms with Crippen LogP contribution in [0.5, 0.6) is 5.75 Å². The predicted molar refractivity (Wildman–Crippen MR) is 104 cm³/mol. The van der Waals surface area contributed by atoms with E-state index >= 15 is 0 Å². The van der Waals surface area contributed by atoms with Gasteiger partial charge in [-0.25, -0.2) is 0 Å². The van der Waals surface area contributed by atoms with Gasteiger partial charge in [0.1, 0.15) is 5.75 Å². The third-order valence-corrected chi connectivity index (χ3v) is 5.79. The van der Waals surface area contributed by atoms with Crippen molar-refractivity contribution in [3.8, 4) is 5.75 Å². The third-order valence-electron chi connectivity index (χ3n) is 5.79. The van der Waals surface area contributed by atoms with E-state index in [4.69, 9.17) is 0 Å². The molecule has 2 fully saturated rings. The number of aromatic nitrogens is 1. The lowest BCUT2D eigenvalue weighted by atomic mass is 9.89. The molecule has 1 aromatic heterocycles. The number of nitrogens with zero attached hydrogens (tertiary/aromatic N) is 3. The van der Waals surface area contributed by atoms with Gasteiger partial charge in [0.25, 0.3) is 0 Å². The number of phenols is 1. The van der Waals surface area contributed by atoms with E-state index in [0.717, 1.165) is 24.1 Å². The number of amides is 2. The van der Waals surface area contributed by atoms with Gasteiger partial charge >= 0.3 is 0 Å². The molecule has 1 unspecified atom stereocenters. The molecule has 2 amide bonds. The fourth-order valence-corrected chi connectivity index (χ4v) is 4.25. The van der Waals surface area contributed by atoms with Gasteiger partial charge in [-0.2, -0.15) is 0 Å². The molecule has 2 saturated heterocycles. The van der Waals surface area contributed by atoms with Crippen molar-refractivity contribution in [1.29, 1.82) is 0 Å². The maximum atomic E-state index is 12.9. The lowest BCUT2D eigenvalue weighted by Gasteiger charge is -2.33. The lowest BCUT2D eigenvalue weighted by molar-refractivity contribution is -0.136. The van der Waals surface area contributed by atoms with Gasteiger partial charge in [0, 0.05) is 32.3 Å². The van der Waals surface area contributed by atoms with E-state index < -0.39 is 0 Å². The van der Waals surface area contributed by atoms with E-state index in [1.807, 2.05) is 41.3 Å². The number of pyridine rings is 1. The highest BCUT2D eigenvalue weighted by atomic mass is 16.3. The molecule has 2 aliphatic heterocycles. The molecular weight excluding hydrogens is 354 g/mol. The highest BCUT2D eigenvalue weighted by Crippen LogP contribution is 2.31. The molecule has 0 radical (unpaired) electrons. The average molecular weight is 379 g/mol. The van der Waals surface area contributed by atoms with E-state index in [9.17, 15) is 14.7 Å². The number of likely N-dealkylation sites (tertiary alicyclic amines) is 2. The monoisotopic (exact) mass is 379 g/mol. The zero-order chi connectivity index (χ0) is 19.5. The minimum Gasteiger partial charge on any atom is -0.508 e. The van der Waals surface area contributed by atoms with Crippen LogP contribution in [-0.4, -0.2) is 51.3 Å². The zero-order valence-corrected chi connectivity index (χ0v) is 15.8. The standard InChI is InChI=1S/C22H25N3O3/c26-20-6-3-4-17(12-20)16-7-10-24(11-8-16)22(28)18-13-21(27)25(14-18)15-19-5-1-2-9-23-19/h1-6,9,12,16,18,26H,7-8,10-11,13-15H2. The van der Waals surface area contributed by atoms with Crippen LogP contribution in [0.2, 0.25) is 0 Å². The minimum absolute atomic E-state index is 0.0265. The summed E-state index contributed by atoms with van der Waals surface area (Å²) in [6.07, 6.45) is 3.77. The minimum atomic E-state index is -0.256. The summed E-state index contributed by atoms with van der Waals surface area (Å²) < 4.78 is 0. The highest BCUT2D eigenvalue weighted by molar-refractivity contribution is 5.89. The Labute approximate surface area is 164 Å². The fourth-order valence-electron chi connectivity index (χ4n) is 4.25. The predicted octanol–water partition coefficient (Wildman–Crippen LogP) is 2.54. The Hall–Kier alpha value is -2.89. The molecule has 2 aromatic rings. The average Bonchev–Trinajstić information content (AvgIpc) is 3.08. The number of carbonyl (C=O) groups is 2. The lowest BCUT2D eigenvalue weighted by Crippen LogP contribution is -2.42. The second kappa shape index (κ2) is 8.00. The molecule has 0 aliphatic carbocycles. The van der Waals surface area contributed by atoms with E-state index in [2.05, 4.69) is 4.98 Å². The second-order valence-electron chi connectivity index (χ2n) is 7.69. The van der Waals surface area contributed by atoms with Crippen LogP contribution in [0.4, 0.5) is 0 Å². The fraction of sp³-hybridized carbons (Fsp3) is 0.409. The zero-order valence-electron chi connectivity index (χ0n) is 15.8. The van der Waals surface area contributed by atoms with Crippen molar-refractivity contribution >= 4 is 11.8 Å². The second-order valence-corrected chi connectivity index (χ2v) is 7.69. The number of aromatic hydroxyl groups is 1. The van der Waals surface area contributed by atoms with Crippen molar-refractivity contribution in [2.75, 3.05) is 19.6 Å². The molecule has 0 bridgehead atoms. The quantitative estimate of drug-likeness (QED) is 0.886. The Balaban J connectivity index is 1.32. The molecular formula is C22H25N3O3. The summed E-state index contributed by atoms with van der Waals surface area (Å²) in [7, 11) is 0. The van der Waals surface area contributed by atoms with E-state index in [-0.39, 0.29) is 29.9 Å². The van der Waals surface area contributed by atoms with E-state index in [1.54, 1.807) is 17.2 Å². The summed E-state index contributed by atoms with van der Waals surface area (Å²) in [6, 6.07) is 13.0. The maximum Gasteiger partial charge on any atom is 0.227 e. The number of hydrogen-bond donors (Lipinski definition) is 1. The smallest absolute Gasteiger partial charge is 0.227 e. The largest absolute Gasteiger partial charge is 0.508 e. The van der Waals surface area contributed by atoms with Gasteiger partial charge in [-0.15, -0.1) is 0 Å². The van der Waals surface area contributed by atoms with Crippen molar-refractivity contribution in [3.63, 3.8) is 0 Å². The van der Waals surface area contributed by atoms with Crippen LogP contribution in [0.15, 0.2) is 48.7 Å². The highest BCUT2D eigenvalue weighted by Gasteiger charge is 2.37. The summed E-state index contributed by atoms with van der Waals surface area (Å²) in [5.41, 5.74) is 1.97. The first-order chi connectivity index (χ1) is 13.6. The summed E-state index contributed by atoms with van der Waals surface area (Å²) in [5.74, 6) is 0.508. The van der Waals surface area contributed by atoms with Crippen LogP contribution in [0.25, 0.3) is 0 Å². The van der Waals surface area contributed by atoms with Gasteiger partial charge in [0.15, 0.2) is 0 Å². The van der Waals surface area contributed by atoms with Crippen LogP contribution in [0, 0.1) is 5.92 Å². The first kappa shape index (κ1) is 18.5. The van der Waals surface area contributed by atoms with Crippen LogP contribution in [0.3, 0.4) is 0 Å². The summed E-state index contributed by atoms with van der Waals surface area (Å²) in [6.45, 7) is 2.33. The van der Waals surface area contributed by atoms with Gasteiger partial charge < -0.3 is 14.9 Å². The van der Waals surface area contributed by atoms with Crippen LogP contribution < -0.4 is 0 Å². The van der Waals surface area contributed by atoms with Gasteiger partial charge in [0.05, 0.1) is 18.2 Å². The summed E-state index contributed by atoms with van der Waals surface area (Å²) >= 11 is 0. The topological polar surface area (TPSA) is 73.7 Å². The maximum absolute atomic E-state index is 12.9. The molecule has 2 aliphatic rings. The van der Waals surface area contributed by atoms with Crippen molar-refractivity contribution < 1.29 is 14.7 Å². The molecule has 4 rings (SSSR count). The molecule has 146 valence electrons. The Kier molecular flexibility index (Phi) is 5.28. The molecule has 3 heterocycles. The molecule has 6 heteroatoms. The van der Waals surface area contributed by atoms with Crippen molar-refractivity contribution in [1.82, 2.24) is 14.8 Å². The number of piperidine rings is 1. The first-order valence-corrected chi connectivity index (χ1v) is 9.85. The van der Waals surface area contributed by atoms with Crippen molar-refractivity contribution in [2.45, 2.75) is 31.7 Å². The molecule has 1 N–H and O–H groups in total. The van der Waals surface area contributed by atoms with Crippen LogP contribution in [-0.2, 0) is 16.1 Å². The summed E-state index contributed by atoms with van der Waals surface area (Å²) in [5, 5.41) is 9.68. The van der Waals surface area contributed by atoms with Gasteiger partial charge in [-0.3, -0.25) is 14.6 Å². The first-order valence-electron chi connectivity index (χ1n) is 9.85. The Bertz CT molecular complexity index is 847. The van der Waals surface area contributed by atoms with Crippen LogP contribution in [0.1, 0.15) is 36.4 Å². The molecule has 28 heavy (non-hydrogen) atoms. The summed E-state index contributed by atoms with van der Waals surface area (Å²) in [4.78, 5) is 33.2. The molecule has 1 atom stereocenters. The number of hydrogen-bond acceptors (Lipinski definition) is 4. The number of carbonyl (C=O) groups excluding carboxylic acids is 2. The SMILES string of the molecule is O=C1CC(C(=O)N2CCC(c3cccc(O)c3)CC2)CN1Cc1ccccn1. The normalized spacial score (nSPS) is 20.6. The Morgan fingerprint density at radius 3 is 2.68 bits per heavy atom. The molecule has 6 nitrogen and oxygen atoms in total. The Morgan fingerprint density at radius 2 is 1.96 bits per heavy atom. The number of benzene rings is 1.